The standard InChI is InChI=1S/C19H23BN6O6/c21-12-4-6-25(7-5-12)18(28)14-9-26(24-23-14)10-16(27)22-15-8-11-2-1-3-13(19(29)30)17(11)32-20(15)31/h1-3,9,12,15,31H,4-8,10,21H2,(H,22,27)(H,29,30)/t15-/m0/s1. The number of hydrogen-bond acceptors (Lipinski definition) is 8. The summed E-state index contributed by atoms with van der Waals surface area (Å²) < 4.78 is 6.61. The number of rotatable bonds is 5. The van der Waals surface area contributed by atoms with Gasteiger partial charge in [0, 0.05) is 19.1 Å². The largest absolute Gasteiger partial charge is 0.547 e. The number of carbonyl (C=O) groups is 3. The van der Waals surface area contributed by atoms with Crippen molar-refractivity contribution in [1.29, 1.82) is 0 Å². The Balaban J connectivity index is 1.36. The highest BCUT2D eigenvalue weighted by molar-refractivity contribution is 6.47. The lowest BCUT2D eigenvalue weighted by Crippen LogP contribution is -2.53. The lowest BCUT2D eigenvalue weighted by Gasteiger charge is -2.29. The highest BCUT2D eigenvalue weighted by Crippen LogP contribution is 2.30. The molecule has 0 saturated carbocycles. The number of aromatic carboxylic acids is 1. The molecule has 2 aliphatic heterocycles. The van der Waals surface area contributed by atoms with Crippen molar-refractivity contribution in [2.45, 2.75) is 37.8 Å². The van der Waals surface area contributed by atoms with E-state index in [9.17, 15) is 24.5 Å². The number of aromatic nitrogens is 3. The number of benzene rings is 1. The zero-order chi connectivity index (χ0) is 22.8. The van der Waals surface area contributed by atoms with Gasteiger partial charge in [-0.2, -0.15) is 0 Å². The quantitative estimate of drug-likeness (QED) is 0.410. The van der Waals surface area contributed by atoms with E-state index in [-0.39, 0.29) is 41.9 Å². The third kappa shape index (κ3) is 4.58. The monoisotopic (exact) mass is 442 g/mol. The maximum absolute atomic E-state index is 12.5. The lowest BCUT2D eigenvalue weighted by molar-refractivity contribution is -0.122. The summed E-state index contributed by atoms with van der Waals surface area (Å²) >= 11 is 0. The van der Waals surface area contributed by atoms with Crippen LogP contribution in [0.2, 0.25) is 0 Å². The van der Waals surface area contributed by atoms with E-state index in [1.54, 1.807) is 17.0 Å². The maximum Gasteiger partial charge on any atom is 0.547 e. The normalized spacial score (nSPS) is 18.6. The summed E-state index contributed by atoms with van der Waals surface area (Å²) in [7, 11) is -1.41. The van der Waals surface area contributed by atoms with Crippen molar-refractivity contribution in [2.24, 2.45) is 5.73 Å². The van der Waals surface area contributed by atoms with E-state index in [1.807, 2.05) is 0 Å². The molecule has 13 heteroatoms. The number of carboxylic acids is 1. The Morgan fingerprint density at radius 1 is 1.28 bits per heavy atom. The minimum atomic E-state index is -1.41. The summed E-state index contributed by atoms with van der Waals surface area (Å²) in [5.74, 6) is -2.58. The van der Waals surface area contributed by atoms with Crippen LogP contribution in [-0.4, -0.2) is 80.0 Å². The summed E-state index contributed by atoms with van der Waals surface area (Å²) in [5.41, 5.74) is 6.52. The number of piperidine rings is 1. The predicted octanol–water partition coefficient (Wildman–Crippen LogP) is -1.32. The first-order valence-corrected chi connectivity index (χ1v) is 10.3. The predicted molar refractivity (Wildman–Crippen MR) is 111 cm³/mol. The molecule has 1 aromatic carbocycles. The van der Waals surface area contributed by atoms with E-state index in [2.05, 4.69) is 15.6 Å². The van der Waals surface area contributed by atoms with Gasteiger partial charge in [0.1, 0.15) is 12.3 Å². The summed E-state index contributed by atoms with van der Waals surface area (Å²) in [6.07, 6.45) is 3.05. The average molecular weight is 442 g/mol. The fraction of sp³-hybridized carbons (Fsp3) is 0.421. The van der Waals surface area contributed by atoms with E-state index in [4.69, 9.17) is 10.4 Å². The highest BCUT2D eigenvalue weighted by Gasteiger charge is 2.37. The second-order valence-corrected chi connectivity index (χ2v) is 7.92. The van der Waals surface area contributed by atoms with Gasteiger partial charge in [0.2, 0.25) is 5.91 Å². The first-order valence-electron chi connectivity index (χ1n) is 10.3. The van der Waals surface area contributed by atoms with Crippen molar-refractivity contribution in [3.05, 3.63) is 41.2 Å². The van der Waals surface area contributed by atoms with Crippen molar-refractivity contribution in [2.75, 3.05) is 13.1 Å². The van der Waals surface area contributed by atoms with Gasteiger partial charge < -0.3 is 30.7 Å². The second-order valence-electron chi connectivity index (χ2n) is 7.92. The number of fused-ring (bicyclic) bond motifs is 1. The number of carboxylic acid groups (broad SMARTS) is 1. The Labute approximate surface area is 183 Å². The van der Waals surface area contributed by atoms with Gasteiger partial charge in [-0.25, -0.2) is 9.48 Å². The third-order valence-corrected chi connectivity index (χ3v) is 5.59. The summed E-state index contributed by atoms with van der Waals surface area (Å²) in [6.45, 7) is 0.895. The van der Waals surface area contributed by atoms with Gasteiger partial charge in [0.05, 0.1) is 17.7 Å². The molecule has 0 bridgehead atoms. The molecule has 2 amide bonds. The number of para-hydroxylation sites is 1. The van der Waals surface area contributed by atoms with Crippen LogP contribution in [0.4, 0.5) is 0 Å². The molecule has 5 N–H and O–H groups in total. The fourth-order valence-electron chi connectivity index (χ4n) is 3.85. The number of amides is 2. The fourth-order valence-corrected chi connectivity index (χ4v) is 3.85. The van der Waals surface area contributed by atoms with Crippen molar-refractivity contribution < 1.29 is 29.2 Å². The maximum atomic E-state index is 12.5. The van der Waals surface area contributed by atoms with E-state index in [0.717, 1.165) is 12.8 Å². The molecule has 32 heavy (non-hydrogen) atoms. The molecular weight excluding hydrogens is 419 g/mol. The Morgan fingerprint density at radius 2 is 2.03 bits per heavy atom. The molecule has 1 fully saturated rings. The summed E-state index contributed by atoms with van der Waals surface area (Å²) in [5, 5.41) is 29.9. The Bertz CT molecular complexity index is 1040. The molecule has 0 aliphatic carbocycles. The van der Waals surface area contributed by atoms with E-state index >= 15 is 0 Å². The molecule has 0 unspecified atom stereocenters. The molecule has 1 saturated heterocycles. The topological polar surface area (TPSA) is 173 Å². The van der Waals surface area contributed by atoms with E-state index in [0.29, 0.717) is 18.7 Å². The van der Waals surface area contributed by atoms with Crippen LogP contribution in [0.3, 0.4) is 0 Å². The van der Waals surface area contributed by atoms with Gasteiger partial charge in [-0.05, 0) is 30.9 Å². The first kappa shape index (κ1) is 21.8. The van der Waals surface area contributed by atoms with Gasteiger partial charge in [0.15, 0.2) is 5.69 Å². The number of hydrogen-bond donors (Lipinski definition) is 4. The molecule has 2 aromatic rings. The van der Waals surface area contributed by atoms with Crippen molar-refractivity contribution in [3.63, 3.8) is 0 Å². The number of nitrogens with zero attached hydrogens (tertiary/aromatic N) is 4. The van der Waals surface area contributed by atoms with E-state index < -0.39 is 24.9 Å². The molecule has 12 nitrogen and oxygen atoms in total. The summed E-state index contributed by atoms with van der Waals surface area (Å²) in [4.78, 5) is 38.0. The van der Waals surface area contributed by atoms with Crippen LogP contribution in [0.1, 0.15) is 39.3 Å². The third-order valence-electron chi connectivity index (χ3n) is 5.59. The van der Waals surface area contributed by atoms with Gasteiger partial charge >= 0.3 is 13.1 Å². The average Bonchev–Trinajstić information content (AvgIpc) is 3.22. The number of nitrogens with two attached hydrogens (primary N) is 1. The van der Waals surface area contributed by atoms with Crippen molar-refractivity contribution in [1.82, 2.24) is 25.2 Å². The molecule has 1 aromatic heterocycles. The van der Waals surface area contributed by atoms with Crippen LogP contribution in [0.5, 0.6) is 5.75 Å². The Hall–Kier alpha value is -3.45. The highest BCUT2D eigenvalue weighted by atomic mass is 16.5. The van der Waals surface area contributed by atoms with Gasteiger partial charge in [-0.15, -0.1) is 5.10 Å². The van der Waals surface area contributed by atoms with Crippen LogP contribution in [0, 0.1) is 0 Å². The SMILES string of the molecule is NC1CCN(C(=O)c2cn(CC(=O)N[C@H]3Cc4cccc(C(=O)O)c4OB3O)nn2)CC1. The molecule has 4 rings (SSSR count). The zero-order valence-corrected chi connectivity index (χ0v) is 17.2. The molecule has 1 atom stereocenters. The van der Waals surface area contributed by atoms with Crippen LogP contribution in [0.25, 0.3) is 0 Å². The van der Waals surface area contributed by atoms with Crippen LogP contribution in [-0.2, 0) is 17.8 Å². The lowest BCUT2D eigenvalue weighted by atomic mass is 9.72. The van der Waals surface area contributed by atoms with Gasteiger partial charge in [-0.1, -0.05) is 17.3 Å². The zero-order valence-electron chi connectivity index (χ0n) is 17.2. The Morgan fingerprint density at radius 3 is 2.75 bits per heavy atom. The molecular formula is C19H23BN6O6. The number of carbonyl (C=O) groups excluding carboxylic acids is 2. The number of nitrogens with one attached hydrogen (secondary N) is 1. The first-order chi connectivity index (χ1) is 15.3. The van der Waals surface area contributed by atoms with Crippen molar-refractivity contribution in [3.8, 4) is 5.75 Å². The van der Waals surface area contributed by atoms with Crippen LogP contribution < -0.4 is 15.7 Å². The molecule has 0 spiro atoms. The minimum Gasteiger partial charge on any atom is -0.534 e. The van der Waals surface area contributed by atoms with Crippen LogP contribution in [0.15, 0.2) is 24.4 Å². The molecule has 168 valence electrons. The Kier molecular flexibility index (Phi) is 6.10. The van der Waals surface area contributed by atoms with E-state index in [1.165, 1.54) is 16.9 Å². The summed E-state index contributed by atoms with van der Waals surface area (Å²) in [6, 6.07) is 4.73. The smallest absolute Gasteiger partial charge is 0.534 e. The van der Waals surface area contributed by atoms with Gasteiger partial charge in [-0.3, -0.25) is 9.59 Å². The van der Waals surface area contributed by atoms with Gasteiger partial charge in [0.25, 0.3) is 5.91 Å². The molecule has 2 aliphatic rings. The minimum absolute atomic E-state index is 0.0539. The molecule has 0 radical (unpaired) electrons. The van der Waals surface area contributed by atoms with Crippen molar-refractivity contribution >= 4 is 24.9 Å². The second kappa shape index (κ2) is 8.97. The molecule has 3 heterocycles. The van der Waals surface area contributed by atoms with Crippen LogP contribution >= 0.6 is 0 Å². The number of likely N-dealkylation sites (tertiary alicyclic amines) is 1.